The minimum atomic E-state index is -0.859. The van der Waals surface area contributed by atoms with Crippen LogP contribution in [-0.4, -0.2) is 44.5 Å². The second kappa shape index (κ2) is 7.09. The van der Waals surface area contributed by atoms with Crippen LogP contribution in [0.3, 0.4) is 0 Å². The SMILES string of the molecule is CC[S@](=O)[C@@H]1CCCC[C@H]1NC(=O)N[C@@H]1CC(C)(C)OC1(C)C. The molecule has 0 aromatic rings. The van der Waals surface area contributed by atoms with E-state index >= 15 is 0 Å². The van der Waals surface area contributed by atoms with Crippen molar-refractivity contribution in [2.24, 2.45) is 0 Å². The van der Waals surface area contributed by atoms with Crippen molar-refractivity contribution in [3.05, 3.63) is 0 Å². The van der Waals surface area contributed by atoms with Crippen LogP contribution in [0.5, 0.6) is 0 Å². The Morgan fingerprint density at radius 1 is 1.17 bits per heavy atom. The second-order valence-corrected chi connectivity index (χ2v) is 9.88. The number of hydrogen-bond donors (Lipinski definition) is 2. The van der Waals surface area contributed by atoms with Crippen molar-refractivity contribution in [2.75, 3.05) is 5.75 Å². The number of urea groups is 1. The molecule has 1 aliphatic heterocycles. The van der Waals surface area contributed by atoms with E-state index in [9.17, 15) is 9.00 Å². The number of rotatable bonds is 4. The number of amides is 2. The highest BCUT2D eigenvalue weighted by Gasteiger charge is 2.46. The van der Waals surface area contributed by atoms with Gasteiger partial charge < -0.3 is 15.4 Å². The van der Waals surface area contributed by atoms with Gasteiger partial charge in [-0.15, -0.1) is 0 Å². The minimum absolute atomic E-state index is 0.0166. The largest absolute Gasteiger partial charge is 0.367 e. The lowest BCUT2D eigenvalue weighted by molar-refractivity contribution is -0.0691. The number of nitrogens with one attached hydrogen (secondary N) is 2. The van der Waals surface area contributed by atoms with Gasteiger partial charge in [0.25, 0.3) is 0 Å². The summed E-state index contributed by atoms with van der Waals surface area (Å²) < 4.78 is 18.2. The molecule has 2 rings (SSSR count). The molecule has 2 amide bonds. The summed E-state index contributed by atoms with van der Waals surface area (Å²) in [5, 5.41) is 6.24. The van der Waals surface area contributed by atoms with E-state index in [-0.39, 0.29) is 34.6 Å². The fourth-order valence-electron chi connectivity index (χ4n) is 3.95. The van der Waals surface area contributed by atoms with Crippen molar-refractivity contribution < 1.29 is 13.7 Å². The Morgan fingerprint density at radius 2 is 1.83 bits per heavy atom. The molecule has 1 heterocycles. The van der Waals surface area contributed by atoms with Gasteiger partial charge in [0.1, 0.15) is 0 Å². The summed E-state index contributed by atoms with van der Waals surface area (Å²) in [4.78, 5) is 12.4. The van der Waals surface area contributed by atoms with Crippen molar-refractivity contribution in [3.8, 4) is 0 Å². The molecule has 5 nitrogen and oxygen atoms in total. The smallest absolute Gasteiger partial charge is 0.315 e. The molecule has 2 fully saturated rings. The zero-order valence-electron chi connectivity index (χ0n) is 15.1. The fourth-order valence-corrected chi connectivity index (χ4v) is 5.37. The Labute approximate surface area is 142 Å². The molecular weight excluding hydrogens is 312 g/mol. The minimum Gasteiger partial charge on any atom is -0.367 e. The quantitative estimate of drug-likeness (QED) is 0.824. The van der Waals surface area contributed by atoms with Crippen LogP contribution in [0, 0.1) is 0 Å². The molecule has 1 saturated heterocycles. The van der Waals surface area contributed by atoms with Crippen LogP contribution in [-0.2, 0) is 15.5 Å². The van der Waals surface area contributed by atoms with Gasteiger partial charge in [-0.05, 0) is 47.0 Å². The molecule has 0 spiro atoms. The van der Waals surface area contributed by atoms with Crippen molar-refractivity contribution in [1.82, 2.24) is 10.6 Å². The van der Waals surface area contributed by atoms with E-state index in [1.807, 2.05) is 20.8 Å². The highest BCUT2D eigenvalue weighted by atomic mass is 32.2. The van der Waals surface area contributed by atoms with Gasteiger partial charge in [0, 0.05) is 22.6 Å². The first-order valence-electron chi connectivity index (χ1n) is 8.79. The third kappa shape index (κ3) is 4.69. The van der Waals surface area contributed by atoms with E-state index in [4.69, 9.17) is 4.74 Å². The maximum absolute atomic E-state index is 12.4. The Morgan fingerprint density at radius 3 is 2.39 bits per heavy atom. The predicted molar refractivity (Wildman–Crippen MR) is 94.0 cm³/mol. The first-order chi connectivity index (χ1) is 10.6. The van der Waals surface area contributed by atoms with Gasteiger partial charge in [0.2, 0.25) is 0 Å². The van der Waals surface area contributed by atoms with Gasteiger partial charge in [0.05, 0.1) is 22.5 Å². The normalized spacial score (nSPS) is 33.9. The standard InChI is InChI=1S/C17H32N2O3S/c1-6-23(21)13-10-8-7-9-12(13)18-15(20)19-14-11-16(2,3)22-17(14,4)5/h12-14H,6-11H2,1-5H3,(H2,18,19,20)/t12-,13-,14-,23+/m1/s1. The Balaban J connectivity index is 1.94. The molecular formula is C17H32N2O3S. The molecule has 2 aliphatic rings. The van der Waals surface area contributed by atoms with E-state index in [1.54, 1.807) is 0 Å². The zero-order chi connectivity index (χ0) is 17.3. The lowest BCUT2D eigenvalue weighted by atomic mass is 9.94. The van der Waals surface area contributed by atoms with Crippen LogP contribution in [0.25, 0.3) is 0 Å². The molecule has 134 valence electrons. The first kappa shape index (κ1) is 18.7. The zero-order valence-corrected chi connectivity index (χ0v) is 15.9. The van der Waals surface area contributed by atoms with E-state index in [0.717, 1.165) is 32.1 Å². The van der Waals surface area contributed by atoms with E-state index in [2.05, 4.69) is 24.5 Å². The van der Waals surface area contributed by atoms with Crippen LogP contribution in [0.1, 0.15) is 66.7 Å². The van der Waals surface area contributed by atoms with Gasteiger partial charge in [-0.3, -0.25) is 4.21 Å². The third-order valence-corrected chi connectivity index (χ3v) is 6.83. The molecule has 23 heavy (non-hydrogen) atoms. The van der Waals surface area contributed by atoms with Crippen LogP contribution < -0.4 is 10.6 Å². The predicted octanol–water partition coefficient (Wildman–Crippen LogP) is 2.71. The highest BCUT2D eigenvalue weighted by molar-refractivity contribution is 7.85. The Kier molecular flexibility index (Phi) is 5.77. The van der Waals surface area contributed by atoms with Crippen molar-refractivity contribution in [1.29, 1.82) is 0 Å². The Hall–Kier alpha value is -0.620. The molecule has 1 saturated carbocycles. The molecule has 0 aromatic carbocycles. The topological polar surface area (TPSA) is 67.4 Å². The number of hydrogen-bond acceptors (Lipinski definition) is 3. The molecule has 2 N–H and O–H groups in total. The number of ether oxygens (including phenoxy) is 1. The Bertz CT molecular complexity index is 465. The molecule has 1 aliphatic carbocycles. The maximum Gasteiger partial charge on any atom is 0.315 e. The monoisotopic (exact) mass is 344 g/mol. The van der Waals surface area contributed by atoms with Crippen LogP contribution >= 0.6 is 0 Å². The first-order valence-corrected chi connectivity index (χ1v) is 10.2. The summed E-state index contributed by atoms with van der Waals surface area (Å²) in [6.45, 7) is 10.1. The molecule has 4 atom stereocenters. The fraction of sp³-hybridized carbons (Fsp3) is 0.941. The third-order valence-electron chi connectivity index (χ3n) is 5.02. The lowest BCUT2D eigenvalue weighted by Gasteiger charge is -2.33. The van der Waals surface area contributed by atoms with Gasteiger partial charge in [0.15, 0.2) is 0 Å². The summed E-state index contributed by atoms with van der Waals surface area (Å²) >= 11 is 0. The molecule has 6 heteroatoms. The molecule has 0 bridgehead atoms. The lowest BCUT2D eigenvalue weighted by Crippen LogP contribution is -2.55. The van der Waals surface area contributed by atoms with Crippen LogP contribution in [0.4, 0.5) is 4.79 Å². The average molecular weight is 345 g/mol. The molecule has 0 unspecified atom stereocenters. The summed E-state index contributed by atoms with van der Waals surface area (Å²) in [6, 6.07) is -0.159. The van der Waals surface area contributed by atoms with Crippen molar-refractivity contribution >= 4 is 16.8 Å². The summed E-state index contributed by atoms with van der Waals surface area (Å²) in [6.07, 6.45) is 4.85. The van der Waals surface area contributed by atoms with Gasteiger partial charge >= 0.3 is 6.03 Å². The summed E-state index contributed by atoms with van der Waals surface area (Å²) in [5.41, 5.74) is -0.600. The van der Waals surface area contributed by atoms with Crippen LogP contribution in [0.15, 0.2) is 0 Å². The van der Waals surface area contributed by atoms with E-state index in [0.29, 0.717) is 5.75 Å². The van der Waals surface area contributed by atoms with Crippen LogP contribution in [0.2, 0.25) is 0 Å². The summed E-state index contributed by atoms with van der Waals surface area (Å²) in [5.74, 6) is 0.655. The second-order valence-electron chi connectivity index (χ2n) is 7.94. The maximum atomic E-state index is 12.4. The van der Waals surface area contributed by atoms with E-state index in [1.165, 1.54) is 0 Å². The summed E-state index contributed by atoms with van der Waals surface area (Å²) in [7, 11) is -0.859. The van der Waals surface area contributed by atoms with Gasteiger partial charge in [-0.1, -0.05) is 19.8 Å². The number of carbonyl (C=O) groups is 1. The van der Waals surface area contributed by atoms with E-state index < -0.39 is 10.8 Å². The molecule has 0 radical (unpaired) electrons. The highest BCUT2D eigenvalue weighted by Crippen LogP contribution is 2.37. The van der Waals surface area contributed by atoms with Crippen molar-refractivity contribution in [2.45, 2.75) is 95.3 Å². The van der Waals surface area contributed by atoms with Gasteiger partial charge in [-0.2, -0.15) is 0 Å². The number of carbonyl (C=O) groups excluding carboxylic acids is 1. The average Bonchev–Trinajstić information content (AvgIpc) is 2.65. The van der Waals surface area contributed by atoms with Gasteiger partial charge in [-0.25, -0.2) is 4.79 Å². The molecule has 0 aromatic heterocycles. The van der Waals surface area contributed by atoms with Crippen molar-refractivity contribution in [3.63, 3.8) is 0 Å².